The summed E-state index contributed by atoms with van der Waals surface area (Å²) < 4.78 is 0. The molecule has 0 aliphatic carbocycles. The molecule has 0 aromatic heterocycles. The van der Waals surface area contributed by atoms with E-state index in [1.807, 2.05) is 17.8 Å². The number of halogens is 1. The fourth-order valence-corrected chi connectivity index (χ4v) is 2.85. The monoisotopic (exact) mass is 241 g/mol. The zero-order valence-electron chi connectivity index (χ0n) is 8.92. The molecule has 1 aliphatic heterocycles. The minimum absolute atomic E-state index is 0.341. The molecule has 0 atom stereocenters. The van der Waals surface area contributed by atoms with E-state index in [9.17, 15) is 0 Å². The summed E-state index contributed by atoms with van der Waals surface area (Å²) in [6, 6.07) is 8.31. The Morgan fingerprint density at radius 2 is 2.27 bits per heavy atom. The maximum atomic E-state index is 6.04. The van der Waals surface area contributed by atoms with Crippen molar-refractivity contribution in [2.24, 2.45) is 0 Å². The average molecular weight is 242 g/mol. The van der Waals surface area contributed by atoms with Gasteiger partial charge in [0.2, 0.25) is 0 Å². The van der Waals surface area contributed by atoms with Gasteiger partial charge in [-0.1, -0.05) is 23.7 Å². The first-order valence-corrected chi connectivity index (χ1v) is 7.00. The molecule has 0 spiro atoms. The maximum absolute atomic E-state index is 6.04. The lowest BCUT2D eigenvalue weighted by Gasteiger charge is -2.43. The Morgan fingerprint density at radius 3 is 2.80 bits per heavy atom. The topological polar surface area (TPSA) is 12.0 Å². The number of hydrogen-bond acceptors (Lipinski definition) is 2. The van der Waals surface area contributed by atoms with Crippen molar-refractivity contribution in [2.45, 2.75) is 11.8 Å². The van der Waals surface area contributed by atoms with Crippen LogP contribution in [0, 0.1) is 0 Å². The van der Waals surface area contributed by atoms with Crippen molar-refractivity contribution in [3.63, 3.8) is 0 Å². The van der Waals surface area contributed by atoms with Gasteiger partial charge < -0.3 is 5.32 Å². The van der Waals surface area contributed by atoms with Crippen LogP contribution in [0.2, 0.25) is 5.02 Å². The van der Waals surface area contributed by atoms with Gasteiger partial charge in [-0.2, -0.15) is 11.8 Å². The van der Waals surface area contributed by atoms with Gasteiger partial charge >= 0.3 is 0 Å². The molecule has 0 bridgehead atoms. The highest BCUT2D eigenvalue weighted by Crippen LogP contribution is 2.34. The molecule has 0 saturated carbocycles. The van der Waals surface area contributed by atoms with E-state index in [1.54, 1.807) is 0 Å². The van der Waals surface area contributed by atoms with Crippen LogP contribution in [-0.4, -0.2) is 25.1 Å². The van der Waals surface area contributed by atoms with E-state index < -0.39 is 0 Å². The first-order chi connectivity index (χ1) is 7.27. The van der Waals surface area contributed by atoms with Crippen molar-refractivity contribution in [3.8, 4) is 0 Å². The molecular weight excluding hydrogens is 226 g/mol. The van der Waals surface area contributed by atoms with Crippen molar-refractivity contribution in [1.29, 1.82) is 0 Å². The predicted molar refractivity (Wildman–Crippen MR) is 69.0 cm³/mol. The highest BCUT2D eigenvalue weighted by atomic mass is 35.5. The molecule has 1 nitrogen and oxygen atoms in total. The smallest absolute Gasteiger partial charge is 0.0408 e. The van der Waals surface area contributed by atoms with E-state index in [2.05, 4.69) is 29.8 Å². The summed E-state index contributed by atoms with van der Waals surface area (Å²) in [6.45, 7) is 2.18. The third-order valence-corrected chi connectivity index (χ3v) is 4.00. The molecule has 1 fully saturated rings. The third-order valence-electron chi connectivity index (χ3n) is 3.15. The summed E-state index contributed by atoms with van der Waals surface area (Å²) in [5, 5.41) is 4.23. The van der Waals surface area contributed by atoms with E-state index in [0.717, 1.165) is 18.1 Å². The van der Waals surface area contributed by atoms with Crippen LogP contribution < -0.4 is 5.32 Å². The predicted octanol–water partition coefficient (Wildman–Crippen LogP) is 2.93. The SMILES string of the molecule is CSCCC1(c2cccc(Cl)c2)CNC1. The Morgan fingerprint density at radius 1 is 1.47 bits per heavy atom. The summed E-state index contributed by atoms with van der Waals surface area (Å²) >= 11 is 7.96. The fourth-order valence-electron chi connectivity index (χ4n) is 2.07. The number of nitrogens with one attached hydrogen (secondary N) is 1. The number of rotatable bonds is 4. The van der Waals surface area contributed by atoms with Crippen LogP contribution in [0.15, 0.2) is 24.3 Å². The molecule has 1 aliphatic rings. The first kappa shape index (κ1) is 11.3. The first-order valence-electron chi connectivity index (χ1n) is 5.23. The zero-order valence-corrected chi connectivity index (χ0v) is 10.5. The Balaban J connectivity index is 2.18. The molecule has 1 aromatic carbocycles. The summed E-state index contributed by atoms with van der Waals surface area (Å²) in [6.07, 6.45) is 3.40. The molecule has 3 heteroatoms. The quantitative estimate of drug-likeness (QED) is 0.870. The second-order valence-electron chi connectivity index (χ2n) is 4.14. The van der Waals surface area contributed by atoms with Gasteiger partial charge in [-0.25, -0.2) is 0 Å². The number of thioether (sulfide) groups is 1. The average Bonchev–Trinajstić information content (AvgIpc) is 2.16. The molecule has 15 heavy (non-hydrogen) atoms. The van der Waals surface area contributed by atoms with Gasteiger partial charge in [-0.15, -0.1) is 0 Å². The van der Waals surface area contributed by atoms with Crippen molar-refractivity contribution in [1.82, 2.24) is 5.32 Å². The van der Waals surface area contributed by atoms with Crippen LogP contribution >= 0.6 is 23.4 Å². The van der Waals surface area contributed by atoms with E-state index >= 15 is 0 Å². The van der Waals surface area contributed by atoms with Crippen molar-refractivity contribution in [3.05, 3.63) is 34.9 Å². The fraction of sp³-hybridized carbons (Fsp3) is 0.500. The molecule has 0 amide bonds. The molecule has 1 saturated heterocycles. The second-order valence-corrected chi connectivity index (χ2v) is 5.56. The summed E-state index contributed by atoms with van der Waals surface area (Å²) in [5.74, 6) is 1.22. The van der Waals surface area contributed by atoms with E-state index in [0.29, 0.717) is 5.41 Å². The van der Waals surface area contributed by atoms with E-state index in [4.69, 9.17) is 11.6 Å². The van der Waals surface area contributed by atoms with Crippen LogP contribution in [0.25, 0.3) is 0 Å². The van der Waals surface area contributed by atoms with E-state index in [-0.39, 0.29) is 0 Å². The van der Waals surface area contributed by atoms with Crippen molar-refractivity contribution in [2.75, 3.05) is 25.1 Å². The number of hydrogen-bond donors (Lipinski definition) is 1. The molecule has 1 aromatic rings. The highest BCUT2D eigenvalue weighted by molar-refractivity contribution is 7.98. The van der Waals surface area contributed by atoms with Gasteiger partial charge in [-0.05, 0) is 36.1 Å². The molecular formula is C12H16ClNS. The standard InChI is InChI=1S/C12H16ClNS/c1-15-6-5-12(8-14-9-12)10-3-2-4-11(13)7-10/h2-4,7,14H,5-6,8-9H2,1H3. The Hall–Kier alpha value is -0.180. The van der Waals surface area contributed by atoms with Crippen LogP contribution in [-0.2, 0) is 5.41 Å². The minimum Gasteiger partial charge on any atom is -0.315 e. The van der Waals surface area contributed by atoms with Gasteiger partial charge in [0, 0.05) is 23.5 Å². The molecule has 1 heterocycles. The molecule has 2 rings (SSSR count). The van der Waals surface area contributed by atoms with Gasteiger partial charge in [0.1, 0.15) is 0 Å². The van der Waals surface area contributed by atoms with E-state index in [1.165, 1.54) is 17.7 Å². The summed E-state index contributed by atoms with van der Waals surface area (Å²) in [4.78, 5) is 0. The van der Waals surface area contributed by atoms with Gasteiger partial charge in [0.25, 0.3) is 0 Å². The lowest BCUT2D eigenvalue weighted by Crippen LogP contribution is -2.57. The zero-order chi connectivity index (χ0) is 10.7. The summed E-state index contributed by atoms with van der Waals surface area (Å²) in [7, 11) is 0. The number of benzene rings is 1. The van der Waals surface area contributed by atoms with Gasteiger partial charge in [-0.3, -0.25) is 0 Å². The summed E-state index contributed by atoms with van der Waals surface area (Å²) in [5.41, 5.74) is 1.73. The second kappa shape index (κ2) is 4.77. The lowest BCUT2D eigenvalue weighted by atomic mass is 9.73. The van der Waals surface area contributed by atoms with Crippen LogP contribution in [0.4, 0.5) is 0 Å². The maximum Gasteiger partial charge on any atom is 0.0408 e. The normalized spacial score (nSPS) is 18.5. The Labute approximate surface area is 101 Å². The van der Waals surface area contributed by atoms with Crippen LogP contribution in [0.3, 0.4) is 0 Å². The Kier molecular flexibility index (Phi) is 3.60. The van der Waals surface area contributed by atoms with Crippen molar-refractivity contribution < 1.29 is 0 Å². The van der Waals surface area contributed by atoms with Gasteiger partial charge in [0.05, 0.1) is 0 Å². The lowest BCUT2D eigenvalue weighted by molar-refractivity contribution is 0.269. The minimum atomic E-state index is 0.341. The molecule has 82 valence electrons. The van der Waals surface area contributed by atoms with Crippen LogP contribution in [0.5, 0.6) is 0 Å². The molecule has 0 unspecified atom stereocenters. The van der Waals surface area contributed by atoms with Gasteiger partial charge in [0.15, 0.2) is 0 Å². The largest absolute Gasteiger partial charge is 0.315 e. The van der Waals surface area contributed by atoms with Crippen LogP contribution in [0.1, 0.15) is 12.0 Å². The van der Waals surface area contributed by atoms with Crippen molar-refractivity contribution >= 4 is 23.4 Å². The molecule has 0 radical (unpaired) electrons. The third kappa shape index (κ3) is 2.32. The molecule has 1 N–H and O–H groups in total. The highest BCUT2D eigenvalue weighted by Gasteiger charge is 2.37. The Bertz CT molecular complexity index is 336.